The minimum absolute atomic E-state index is 0.443. The molecule has 1 amide bonds. The molecule has 6 heteroatoms. The average molecular weight is 315 g/mol. The molecule has 0 fully saturated rings. The molecule has 0 atom stereocenters. The number of primary amides is 1. The number of benzene rings is 1. The number of hydrogen-bond donors (Lipinski definition) is 1. The normalized spacial score (nSPS) is 10.8. The van der Waals surface area contributed by atoms with Crippen molar-refractivity contribution in [2.75, 3.05) is 0 Å². The van der Waals surface area contributed by atoms with Gasteiger partial charge < -0.3 is 5.73 Å². The Morgan fingerprint density at radius 3 is 2.46 bits per heavy atom. The first-order valence-corrected chi connectivity index (χ1v) is 7.37. The second-order valence-electron chi connectivity index (χ2n) is 5.31. The molecular weight excluding hydrogens is 302 g/mol. The summed E-state index contributed by atoms with van der Waals surface area (Å²) in [6, 6.07) is 12.9. The molecule has 116 valence electrons. The molecule has 0 bridgehead atoms. The molecule has 0 spiro atoms. The first kappa shape index (κ1) is 14.1. The number of nitrogens with two attached hydrogens (primary N) is 1. The summed E-state index contributed by atoms with van der Waals surface area (Å²) in [6.45, 7) is 0. The highest BCUT2D eigenvalue weighted by atomic mass is 16.1. The average Bonchev–Trinajstić information content (AvgIpc) is 3.02. The molecule has 2 N–H and O–H groups in total. The first-order chi connectivity index (χ1) is 11.7. The predicted octanol–water partition coefficient (Wildman–Crippen LogP) is 2.58. The van der Waals surface area contributed by atoms with Crippen LogP contribution in [0.4, 0.5) is 0 Å². The third-order valence-electron chi connectivity index (χ3n) is 3.79. The Labute approximate surface area is 137 Å². The lowest BCUT2D eigenvalue weighted by Crippen LogP contribution is -2.10. The van der Waals surface area contributed by atoms with E-state index in [2.05, 4.69) is 9.97 Å². The Hall–Kier alpha value is -3.54. The molecule has 0 radical (unpaired) electrons. The van der Waals surface area contributed by atoms with Crippen molar-refractivity contribution in [1.82, 2.24) is 19.7 Å². The maximum atomic E-state index is 11.5. The molecule has 6 nitrogen and oxygen atoms in total. The van der Waals surface area contributed by atoms with Crippen molar-refractivity contribution < 1.29 is 4.79 Å². The fourth-order valence-corrected chi connectivity index (χ4v) is 2.66. The summed E-state index contributed by atoms with van der Waals surface area (Å²) in [7, 11) is 0. The van der Waals surface area contributed by atoms with E-state index in [4.69, 9.17) is 10.8 Å². The standard InChI is InChI=1S/C18H13N5O/c19-18(24)12-5-6-16-15(9-12)17(13-3-1-7-20-10-13)22-23(16)14-4-2-8-21-11-14/h1-11H,(H2,19,24). The van der Waals surface area contributed by atoms with Gasteiger partial charge in [0.1, 0.15) is 5.69 Å². The highest BCUT2D eigenvalue weighted by molar-refractivity contribution is 6.01. The summed E-state index contributed by atoms with van der Waals surface area (Å²) in [6.07, 6.45) is 6.90. The summed E-state index contributed by atoms with van der Waals surface area (Å²) in [5.41, 5.74) is 9.18. The minimum Gasteiger partial charge on any atom is -0.366 e. The highest BCUT2D eigenvalue weighted by Gasteiger charge is 2.15. The van der Waals surface area contributed by atoms with Gasteiger partial charge in [0.15, 0.2) is 0 Å². The number of nitrogens with zero attached hydrogens (tertiary/aromatic N) is 4. The Kier molecular flexibility index (Phi) is 3.28. The van der Waals surface area contributed by atoms with E-state index in [9.17, 15) is 4.79 Å². The maximum absolute atomic E-state index is 11.5. The van der Waals surface area contributed by atoms with Crippen LogP contribution in [0.25, 0.3) is 27.8 Å². The Morgan fingerprint density at radius 2 is 1.79 bits per heavy atom. The predicted molar refractivity (Wildman–Crippen MR) is 90.6 cm³/mol. The number of aromatic nitrogens is 4. The van der Waals surface area contributed by atoms with Crippen molar-refractivity contribution in [2.45, 2.75) is 0 Å². The molecule has 0 aliphatic rings. The van der Waals surface area contributed by atoms with Crippen LogP contribution in [0.15, 0.2) is 67.3 Å². The molecule has 0 aliphatic carbocycles. The van der Waals surface area contributed by atoms with E-state index in [1.807, 2.05) is 30.3 Å². The van der Waals surface area contributed by atoms with E-state index in [0.717, 1.165) is 27.8 Å². The maximum Gasteiger partial charge on any atom is 0.248 e. The van der Waals surface area contributed by atoms with Crippen molar-refractivity contribution in [1.29, 1.82) is 0 Å². The van der Waals surface area contributed by atoms with Gasteiger partial charge in [0.05, 0.1) is 17.4 Å². The lowest BCUT2D eigenvalue weighted by atomic mass is 10.1. The molecule has 4 rings (SSSR count). The van der Waals surface area contributed by atoms with Gasteiger partial charge in [-0.05, 0) is 42.5 Å². The Balaban J connectivity index is 2.04. The molecule has 4 aromatic rings. The number of fused-ring (bicyclic) bond motifs is 1. The van der Waals surface area contributed by atoms with Crippen molar-refractivity contribution in [3.63, 3.8) is 0 Å². The topological polar surface area (TPSA) is 86.7 Å². The smallest absolute Gasteiger partial charge is 0.248 e. The lowest BCUT2D eigenvalue weighted by molar-refractivity contribution is 0.100. The van der Waals surface area contributed by atoms with Crippen LogP contribution in [0.3, 0.4) is 0 Å². The summed E-state index contributed by atoms with van der Waals surface area (Å²) in [5.74, 6) is -0.469. The summed E-state index contributed by atoms with van der Waals surface area (Å²) >= 11 is 0. The summed E-state index contributed by atoms with van der Waals surface area (Å²) in [5, 5.41) is 5.55. The molecule has 1 aromatic carbocycles. The van der Waals surface area contributed by atoms with Gasteiger partial charge in [0.25, 0.3) is 0 Å². The second kappa shape index (κ2) is 5.58. The number of carbonyl (C=O) groups is 1. The van der Waals surface area contributed by atoms with Gasteiger partial charge in [-0.25, -0.2) is 4.68 Å². The van der Waals surface area contributed by atoms with Crippen LogP contribution in [0, 0.1) is 0 Å². The van der Waals surface area contributed by atoms with E-state index in [0.29, 0.717) is 5.56 Å². The van der Waals surface area contributed by atoms with Gasteiger partial charge in [0.2, 0.25) is 5.91 Å². The van der Waals surface area contributed by atoms with Crippen LogP contribution in [-0.4, -0.2) is 25.7 Å². The van der Waals surface area contributed by atoms with Gasteiger partial charge in [-0.2, -0.15) is 5.10 Å². The van der Waals surface area contributed by atoms with Crippen molar-refractivity contribution in [2.24, 2.45) is 5.73 Å². The van der Waals surface area contributed by atoms with Crippen LogP contribution in [-0.2, 0) is 0 Å². The third kappa shape index (κ3) is 2.30. The molecule has 3 heterocycles. The van der Waals surface area contributed by atoms with E-state index in [1.165, 1.54) is 0 Å². The SMILES string of the molecule is NC(=O)c1ccc2c(c1)c(-c1cccnc1)nn2-c1cccnc1. The fraction of sp³-hybridized carbons (Fsp3) is 0. The fourth-order valence-electron chi connectivity index (χ4n) is 2.66. The second-order valence-corrected chi connectivity index (χ2v) is 5.31. The van der Waals surface area contributed by atoms with E-state index in [1.54, 1.807) is 41.6 Å². The van der Waals surface area contributed by atoms with Crippen LogP contribution in [0.1, 0.15) is 10.4 Å². The molecule has 0 unspecified atom stereocenters. The van der Waals surface area contributed by atoms with Crippen LogP contribution >= 0.6 is 0 Å². The Bertz CT molecular complexity index is 1030. The lowest BCUT2D eigenvalue weighted by Gasteiger charge is -2.02. The monoisotopic (exact) mass is 315 g/mol. The van der Waals surface area contributed by atoms with Gasteiger partial charge in [-0.3, -0.25) is 14.8 Å². The van der Waals surface area contributed by atoms with Gasteiger partial charge in [-0.15, -0.1) is 0 Å². The zero-order valence-corrected chi connectivity index (χ0v) is 12.6. The Morgan fingerprint density at radius 1 is 1.00 bits per heavy atom. The quantitative estimate of drug-likeness (QED) is 0.629. The molecule has 3 aromatic heterocycles. The molecule has 0 aliphatic heterocycles. The number of hydrogen-bond acceptors (Lipinski definition) is 4. The van der Waals surface area contributed by atoms with Crippen LogP contribution < -0.4 is 5.73 Å². The van der Waals surface area contributed by atoms with Crippen molar-refractivity contribution in [3.8, 4) is 16.9 Å². The van der Waals surface area contributed by atoms with E-state index in [-0.39, 0.29) is 0 Å². The zero-order valence-electron chi connectivity index (χ0n) is 12.6. The number of carbonyl (C=O) groups excluding carboxylic acids is 1. The molecule has 0 saturated carbocycles. The van der Waals surface area contributed by atoms with Crippen molar-refractivity contribution in [3.05, 3.63) is 72.8 Å². The minimum atomic E-state index is -0.469. The number of pyridine rings is 2. The third-order valence-corrected chi connectivity index (χ3v) is 3.79. The first-order valence-electron chi connectivity index (χ1n) is 7.37. The molecule has 0 saturated heterocycles. The number of rotatable bonds is 3. The van der Waals surface area contributed by atoms with Crippen molar-refractivity contribution >= 4 is 16.8 Å². The van der Waals surface area contributed by atoms with Crippen LogP contribution in [0.5, 0.6) is 0 Å². The summed E-state index contributed by atoms with van der Waals surface area (Å²) in [4.78, 5) is 19.8. The highest BCUT2D eigenvalue weighted by Crippen LogP contribution is 2.30. The van der Waals surface area contributed by atoms with E-state index < -0.39 is 5.91 Å². The number of amides is 1. The van der Waals surface area contributed by atoms with Gasteiger partial charge in [0, 0.05) is 35.1 Å². The zero-order chi connectivity index (χ0) is 16.5. The largest absolute Gasteiger partial charge is 0.366 e. The van der Waals surface area contributed by atoms with E-state index >= 15 is 0 Å². The molecular formula is C18H13N5O. The summed E-state index contributed by atoms with van der Waals surface area (Å²) < 4.78 is 1.80. The van der Waals surface area contributed by atoms with Gasteiger partial charge >= 0.3 is 0 Å². The molecule has 24 heavy (non-hydrogen) atoms. The van der Waals surface area contributed by atoms with Crippen LogP contribution in [0.2, 0.25) is 0 Å². The van der Waals surface area contributed by atoms with Gasteiger partial charge in [-0.1, -0.05) is 0 Å².